The van der Waals surface area contributed by atoms with Crippen molar-refractivity contribution < 1.29 is 9.47 Å². The monoisotopic (exact) mass is 281 g/mol. The fraction of sp³-hybridized carbons (Fsp3) is 0.188. The first-order valence-electron chi connectivity index (χ1n) is 6.72. The number of hydrogen-bond acceptors (Lipinski definition) is 5. The molecule has 2 aromatic rings. The minimum atomic E-state index is 0.529. The number of hydrogen-bond donors (Lipinski definition) is 2. The van der Waals surface area contributed by atoms with E-state index in [1.165, 1.54) is 0 Å². The number of nitrogens with one attached hydrogen (secondary N) is 1. The Balaban J connectivity index is 1.85. The first kappa shape index (κ1) is 13.1. The highest BCUT2D eigenvalue weighted by Gasteiger charge is 2.11. The lowest BCUT2D eigenvalue weighted by Gasteiger charge is -2.12. The highest BCUT2D eigenvalue weighted by molar-refractivity contribution is 5.74. The van der Waals surface area contributed by atoms with E-state index in [9.17, 15) is 0 Å². The zero-order valence-corrected chi connectivity index (χ0v) is 11.4. The maximum Gasteiger partial charge on any atom is 0.163 e. The molecule has 106 valence electrons. The Morgan fingerprint density at radius 1 is 1.05 bits per heavy atom. The fourth-order valence-electron chi connectivity index (χ4n) is 2.14. The summed E-state index contributed by atoms with van der Waals surface area (Å²) in [4.78, 5) is 0. The number of ether oxygens (including phenoxy) is 2. The van der Waals surface area contributed by atoms with Crippen LogP contribution in [0.1, 0.15) is 12.0 Å². The average molecular weight is 281 g/mol. The summed E-state index contributed by atoms with van der Waals surface area (Å²) in [6.07, 6.45) is 0.875. The van der Waals surface area contributed by atoms with Gasteiger partial charge in [0.15, 0.2) is 11.5 Å². The van der Waals surface area contributed by atoms with Gasteiger partial charge < -0.3 is 20.5 Å². The number of nitrogens with two attached hydrogens (primary N) is 1. The van der Waals surface area contributed by atoms with Crippen molar-refractivity contribution in [3.05, 3.63) is 42.0 Å². The normalized spacial score (nSPS) is 13.1. The molecule has 3 N–H and O–H groups in total. The average Bonchev–Trinajstić information content (AvgIpc) is 2.74. The molecule has 1 aliphatic heterocycles. The highest BCUT2D eigenvalue weighted by atomic mass is 16.5. The maximum atomic E-state index is 8.85. The van der Waals surface area contributed by atoms with Gasteiger partial charge in [-0.15, -0.1) is 0 Å². The Morgan fingerprint density at radius 2 is 1.86 bits per heavy atom. The van der Waals surface area contributed by atoms with Gasteiger partial charge in [0, 0.05) is 18.2 Å². The maximum absolute atomic E-state index is 8.85. The van der Waals surface area contributed by atoms with Crippen LogP contribution >= 0.6 is 0 Å². The minimum absolute atomic E-state index is 0.529. The number of nitrogen functional groups attached to an aromatic ring is 1. The van der Waals surface area contributed by atoms with Gasteiger partial charge in [-0.3, -0.25) is 0 Å². The summed E-state index contributed by atoms with van der Waals surface area (Å²) >= 11 is 0. The van der Waals surface area contributed by atoms with E-state index in [2.05, 4.69) is 11.4 Å². The van der Waals surface area contributed by atoms with Crippen molar-refractivity contribution in [1.82, 2.24) is 0 Å². The zero-order valence-electron chi connectivity index (χ0n) is 11.4. The molecule has 0 aromatic heterocycles. The lowest BCUT2D eigenvalue weighted by atomic mass is 10.2. The summed E-state index contributed by atoms with van der Waals surface area (Å²) in [7, 11) is 0. The molecule has 0 fully saturated rings. The highest BCUT2D eigenvalue weighted by Crippen LogP contribution is 2.34. The summed E-state index contributed by atoms with van der Waals surface area (Å²) in [5.74, 6) is 1.48. The van der Waals surface area contributed by atoms with E-state index in [0.717, 1.165) is 29.3 Å². The van der Waals surface area contributed by atoms with Crippen LogP contribution in [-0.2, 0) is 0 Å². The van der Waals surface area contributed by atoms with E-state index in [1.807, 2.05) is 18.2 Å². The molecule has 2 aromatic carbocycles. The van der Waals surface area contributed by atoms with Gasteiger partial charge in [0.2, 0.25) is 0 Å². The number of nitrogens with zero attached hydrogens (tertiary/aromatic N) is 1. The molecule has 0 saturated heterocycles. The van der Waals surface area contributed by atoms with Gasteiger partial charge in [0.25, 0.3) is 0 Å². The van der Waals surface area contributed by atoms with Crippen molar-refractivity contribution in [2.45, 2.75) is 6.42 Å². The first-order valence-corrected chi connectivity index (χ1v) is 6.72. The third-order valence-electron chi connectivity index (χ3n) is 3.21. The van der Waals surface area contributed by atoms with E-state index >= 15 is 0 Å². The molecule has 5 heteroatoms. The van der Waals surface area contributed by atoms with Crippen LogP contribution in [0.2, 0.25) is 0 Å². The Hall–Kier alpha value is -2.87. The Morgan fingerprint density at radius 3 is 2.62 bits per heavy atom. The number of anilines is 3. The van der Waals surface area contributed by atoms with Gasteiger partial charge in [-0.25, -0.2) is 0 Å². The Bertz CT molecular complexity index is 707. The van der Waals surface area contributed by atoms with Gasteiger partial charge in [0.1, 0.15) is 0 Å². The third kappa shape index (κ3) is 2.84. The van der Waals surface area contributed by atoms with Gasteiger partial charge in [-0.2, -0.15) is 5.26 Å². The molecule has 0 unspecified atom stereocenters. The molecule has 0 saturated carbocycles. The first-order chi connectivity index (χ1) is 10.3. The molecule has 21 heavy (non-hydrogen) atoms. The topological polar surface area (TPSA) is 80.3 Å². The Labute approximate surface area is 122 Å². The second kappa shape index (κ2) is 5.63. The van der Waals surface area contributed by atoms with Crippen LogP contribution in [0, 0.1) is 11.3 Å². The van der Waals surface area contributed by atoms with E-state index in [1.54, 1.807) is 18.2 Å². The fourth-order valence-corrected chi connectivity index (χ4v) is 2.14. The summed E-state index contributed by atoms with van der Waals surface area (Å²) in [6, 6.07) is 12.9. The van der Waals surface area contributed by atoms with E-state index in [-0.39, 0.29) is 0 Å². The van der Waals surface area contributed by atoms with Crippen molar-refractivity contribution >= 4 is 17.1 Å². The summed E-state index contributed by atoms with van der Waals surface area (Å²) < 4.78 is 11.2. The molecule has 3 rings (SSSR count). The predicted molar refractivity (Wildman–Crippen MR) is 80.9 cm³/mol. The third-order valence-corrected chi connectivity index (χ3v) is 3.21. The number of fused-ring (bicyclic) bond motifs is 1. The smallest absolute Gasteiger partial charge is 0.163 e. The van der Waals surface area contributed by atoms with Crippen LogP contribution in [0.3, 0.4) is 0 Å². The summed E-state index contributed by atoms with van der Waals surface area (Å²) in [5.41, 5.74) is 8.62. The molecule has 0 bridgehead atoms. The lowest BCUT2D eigenvalue weighted by Crippen LogP contribution is -1.98. The second-order valence-corrected chi connectivity index (χ2v) is 4.75. The van der Waals surface area contributed by atoms with Crippen LogP contribution in [0.4, 0.5) is 17.1 Å². The molecule has 1 heterocycles. The van der Waals surface area contributed by atoms with Gasteiger partial charge in [-0.05, 0) is 30.3 Å². The second-order valence-electron chi connectivity index (χ2n) is 4.75. The quantitative estimate of drug-likeness (QED) is 0.827. The summed E-state index contributed by atoms with van der Waals surface area (Å²) in [6.45, 7) is 1.32. The minimum Gasteiger partial charge on any atom is -0.490 e. The van der Waals surface area contributed by atoms with Crippen LogP contribution in [-0.4, -0.2) is 13.2 Å². The molecule has 0 aliphatic carbocycles. The molecule has 0 amide bonds. The molecule has 0 atom stereocenters. The van der Waals surface area contributed by atoms with Crippen molar-refractivity contribution in [2.75, 3.05) is 24.3 Å². The van der Waals surface area contributed by atoms with Gasteiger partial charge >= 0.3 is 0 Å². The summed E-state index contributed by atoms with van der Waals surface area (Å²) in [5, 5.41) is 12.1. The van der Waals surface area contributed by atoms with E-state index < -0.39 is 0 Å². The molecule has 5 nitrogen and oxygen atoms in total. The zero-order chi connectivity index (χ0) is 14.7. The standard InChI is InChI=1S/C16H15N3O2/c17-10-11-2-4-14(13(18)8-11)19-12-3-5-15-16(9-12)21-7-1-6-20-15/h2-5,8-9,19H,1,6-7,18H2. The molecule has 1 aliphatic rings. The number of nitriles is 1. The van der Waals surface area contributed by atoms with Crippen LogP contribution in [0.25, 0.3) is 0 Å². The number of rotatable bonds is 2. The molecule has 0 spiro atoms. The van der Waals surface area contributed by atoms with Crippen molar-refractivity contribution in [3.63, 3.8) is 0 Å². The largest absolute Gasteiger partial charge is 0.490 e. The van der Waals surface area contributed by atoms with Gasteiger partial charge in [0.05, 0.1) is 36.2 Å². The van der Waals surface area contributed by atoms with E-state index in [0.29, 0.717) is 24.5 Å². The van der Waals surface area contributed by atoms with Crippen LogP contribution in [0.5, 0.6) is 11.5 Å². The SMILES string of the molecule is N#Cc1ccc(Nc2ccc3c(c2)OCCCO3)c(N)c1. The lowest BCUT2D eigenvalue weighted by molar-refractivity contribution is 0.297. The van der Waals surface area contributed by atoms with Crippen LogP contribution in [0.15, 0.2) is 36.4 Å². The molecule has 0 radical (unpaired) electrons. The molecular formula is C16H15N3O2. The predicted octanol–water partition coefficient (Wildman–Crippen LogP) is 3.05. The molecular weight excluding hydrogens is 266 g/mol. The van der Waals surface area contributed by atoms with Crippen molar-refractivity contribution in [3.8, 4) is 17.6 Å². The van der Waals surface area contributed by atoms with Crippen molar-refractivity contribution in [1.29, 1.82) is 5.26 Å². The number of benzene rings is 2. The Kier molecular flexibility index (Phi) is 3.52. The van der Waals surface area contributed by atoms with E-state index in [4.69, 9.17) is 20.5 Å². The van der Waals surface area contributed by atoms with Crippen molar-refractivity contribution in [2.24, 2.45) is 0 Å². The van der Waals surface area contributed by atoms with Crippen LogP contribution < -0.4 is 20.5 Å². The van der Waals surface area contributed by atoms with Gasteiger partial charge in [-0.1, -0.05) is 0 Å².